The van der Waals surface area contributed by atoms with E-state index in [4.69, 9.17) is 0 Å². The number of aryl methyl sites for hydroxylation is 2. The Bertz CT molecular complexity index is 578. The van der Waals surface area contributed by atoms with Crippen molar-refractivity contribution in [2.45, 2.75) is 36.9 Å². The summed E-state index contributed by atoms with van der Waals surface area (Å²) in [6.45, 7) is 5.12. The summed E-state index contributed by atoms with van der Waals surface area (Å²) in [5.41, 5.74) is 2.34. The number of nitrogens with zero attached hydrogens (tertiary/aromatic N) is 5. The van der Waals surface area contributed by atoms with Crippen LogP contribution >= 0.6 is 39.0 Å². The lowest BCUT2D eigenvalue weighted by atomic mass is 10.3. The second-order valence-electron chi connectivity index (χ2n) is 4.41. The van der Waals surface area contributed by atoms with Gasteiger partial charge >= 0.3 is 0 Å². The molecule has 0 aliphatic carbocycles. The van der Waals surface area contributed by atoms with Gasteiger partial charge in [-0.05, 0) is 29.3 Å². The van der Waals surface area contributed by atoms with Gasteiger partial charge in [-0.2, -0.15) is 5.10 Å². The highest BCUT2D eigenvalue weighted by Crippen LogP contribution is 2.32. The number of hydrogen-bond donors (Lipinski definition) is 0. The van der Waals surface area contributed by atoms with Crippen molar-refractivity contribution in [3.05, 3.63) is 15.9 Å². The molecule has 2 aromatic rings. The van der Waals surface area contributed by atoms with Gasteiger partial charge in [0.05, 0.1) is 15.9 Å². The molecule has 0 amide bonds. The first-order chi connectivity index (χ1) is 9.56. The van der Waals surface area contributed by atoms with E-state index in [0.29, 0.717) is 0 Å². The zero-order valence-electron chi connectivity index (χ0n) is 12.1. The molecule has 0 aliphatic rings. The molecule has 0 radical (unpaired) electrons. The zero-order chi connectivity index (χ0) is 14.7. The van der Waals surface area contributed by atoms with E-state index in [2.05, 4.69) is 49.8 Å². The highest BCUT2D eigenvalue weighted by molar-refractivity contribution is 9.10. The zero-order valence-corrected chi connectivity index (χ0v) is 15.3. The Morgan fingerprint density at radius 1 is 1.30 bits per heavy atom. The maximum atomic E-state index is 4.61. The van der Waals surface area contributed by atoms with E-state index in [0.717, 1.165) is 38.4 Å². The summed E-state index contributed by atoms with van der Waals surface area (Å²) < 4.78 is 4.18. The summed E-state index contributed by atoms with van der Waals surface area (Å²) in [6.07, 6.45) is 0.939. The summed E-state index contributed by atoms with van der Waals surface area (Å²) in [5.74, 6) is 0.851. The molecule has 2 rings (SSSR count). The summed E-state index contributed by atoms with van der Waals surface area (Å²) in [5, 5.41) is 13.9. The summed E-state index contributed by atoms with van der Waals surface area (Å²) in [6, 6.07) is 0. The summed E-state index contributed by atoms with van der Waals surface area (Å²) in [7, 11) is 3.95. The van der Waals surface area contributed by atoms with Crippen LogP contribution in [0.4, 0.5) is 5.13 Å². The molecule has 110 valence electrons. The average molecular weight is 376 g/mol. The monoisotopic (exact) mass is 375 g/mol. The van der Waals surface area contributed by atoms with E-state index >= 15 is 0 Å². The van der Waals surface area contributed by atoms with Gasteiger partial charge in [0, 0.05) is 26.4 Å². The first-order valence-electron chi connectivity index (χ1n) is 6.44. The molecule has 0 spiro atoms. The lowest BCUT2D eigenvalue weighted by molar-refractivity contribution is 0.627. The smallest absolute Gasteiger partial charge is 0.208 e. The van der Waals surface area contributed by atoms with E-state index in [1.54, 1.807) is 23.1 Å². The van der Waals surface area contributed by atoms with Crippen LogP contribution in [-0.4, -0.2) is 34.1 Å². The normalized spacial score (nSPS) is 11.1. The van der Waals surface area contributed by atoms with Gasteiger partial charge in [-0.15, -0.1) is 10.2 Å². The molecule has 0 N–H and O–H groups in total. The molecule has 0 unspecified atom stereocenters. The quantitative estimate of drug-likeness (QED) is 0.723. The first-order valence-corrected chi connectivity index (χ1v) is 9.04. The average Bonchev–Trinajstić information content (AvgIpc) is 3.01. The Hall–Kier alpha value is -0.600. The van der Waals surface area contributed by atoms with Crippen LogP contribution in [0.15, 0.2) is 8.81 Å². The van der Waals surface area contributed by atoms with Crippen molar-refractivity contribution in [2.24, 2.45) is 0 Å². The van der Waals surface area contributed by atoms with Crippen LogP contribution in [0, 0.1) is 0 Å². The van der Waals surface area contributed by atoms with Crippen molar-refractivity contribution < 1.29 is 0 Å². The molecule has 0 atom stereocenters. The number of halogens is 1. The molecule has 0 saturated heterocycles. The predicted molar refractivity (Wildman–Crippen MR) is 88.8 cm³/mol. The molecular weight excluding hydrogens is 358 g/mol. The van der Waals surface area contributed by atoms with Crippen molar-refractivity contribution >= 4 is 44.2 Å². The SMILES string of the molecule is CCc1nn(CC)c(CSc2nnc(N(C)C)s2)c1Br. The fraction of sp³-hybridized carbons (Fsp3) is 0.583. The molecule has 20 heavy (non-hydrogen) atoms. The Morgan fingerprint density at radius 3 is 2.60 bits per heavy atom. The van der Waals surface area contributed by atoms with E-state index in [1.165, 1.54) is 5.69 Å². The van der Waals surface area contributed by atoms with Crippen LogP contribution in [0.25, 0.3) is 0 Å². The minimum Gasteiger partial charge on any atom is -0.353 e. The van der Waals surface area contributed by atoms with Crippen molar-refractivity contribution in [2.75, 3.05) is 19.0 Å². The number of thioether (sulfide) groups is 1. The molecule has 8 heteroatoms. The van der Waals surface area contributed by atoms with Gasteiger partial charge in [-0.1, -0.05) is 30.0 Å². The largest absolute Gasteiger partial charge is 0.353 e. The third kappa shape index (κ3) is 3.35. The third-order valence-electron chi connectivity index (χ3n) is 2.80. The fourth-order valence-electron chi connectivity index (χ4n) is 1.73. The molecule has 0 bridgehead atoms. The highest BCUT2D eigenvalue weighted by Gasteiger charge is 2.15. The molecule has 2 heterocycles. The lowest BCUT2D eigenvalue weighted by Gasteiger charge is -2.04. The first kappa shape index (κ1) is 15.8. The summed E-state index contributed by atoms with van der Waals surface area (Å²) >= 11 is 6.99. The lowest BCUT2D eigenvalue weighted by Crippen LogP contribution is -2.07. The number of hydrogen-bond acceptors (Lipinski definition) is 6. The standard InChI is InChI=1S/C12H18BrN5S2/c1-5-8-10(13)9(18(6-2)16-8)7-19-12-15-14-11(20-12)17(3)4/h5-7H2,1-4H3. The third-order valence-corrected chi connectivity index (χ3v) is 5.96. The molecule has 0 aromatic carbocycles. The highest BCUT2D eigenvalue weighted by atomic mass is 79.9. The van der Waals surface area contributed by atoms with Crippen LogP contribution in [-0.2, 0) is 18.7 Å². The topological polar surface area (TPSA) is 46.8 Å². The van der Waals surface area contributed by atoms with E-state index in [9.17, 15) is 0 Å². The van der Waals surface area contributed by atoms with Gasteiger partial charge in [0.2, 0.25) is 5.13 Å². The molecule has 5 nitrogen and oxygen atoms in total. The Kier molecular flexibility index (Phi) is 5.45. The van der Waals surface area contributed by atoms with Crippen molar-refractivity contribution in [3.63, 3.8) is 0 Å². The second kappa shape index (κ2) is 6.91. The predicted octanol–water partition coefficient (Wildman–Crippen LogP) is 3.44. The second-order valence-corrected chi connectivity index (χ2v) is 7.38. The minimum absolute atomic E-state index is 0.851. The Labute approximate surface area is 135 Å². The van der Waals surface area contributed by atoms with Gasteiger partial charge < -0.3 is 4.90 Å². The van der Waals surface area contributed by atoms with Crippen LogP contribution in [0.1, 0.15) is 25.2 Å². The number of rotatable bonds is 6. The fourth-order valence-corrected chi connectivity index (χ4v) is 4.41. The molecule has 0 saturated carbocycles. The minimum atomic E-state index is 0.851. The number of aromatic nitrogens is 4. The molecule has 0 fully saturated rings. The molecule has 0 aliphatic heterocycles. The van der Waals surface area contributed by atoms with Gasteiger partial charge in [0.25, 0.3) is 0 Å². The van der Waals surface area contributed by atoms with Gasteiger partial charge in [0.15, 0.2) is 4.34 Å². The van der Waals surface area contributed by atoms with Gasteiger partial charge in [-0.25, -0.2) is 0 Å². The molecular formula is C12H18BrN5S2. The summed E-state index contributed by atoms with van der Waals surface area (Å²) in [4.78, 5) is 1.98. The van der Waals surface area contributed by atoms with Crippen molar-refractivity contribution in [3.8, 4) is 0 Å². The van der Waals surface area contributed by atoms with Gasteiger partial charge in [-0.3, -0.25) is 4.68 Å². The Morgan fingerprint density at radius 2 is 2.05 bits per heavy atom. The maximum absolute atomic E-state index is 4.61. The van der Waals surface area contributed by atoms with Crippen LogP contribution in [0.5, 0.6) is 0 Å². The van der Waals surface area contributed by atoms with Crippen LogP contribution < -0.4 is 4.90 Å². The van der Waals surface area contributed by atoms with E-state index in [-0.39, 0.29) is 0 Å². The van der Waals surface area contributed by atoms with E-state index < -0.39 is 0 Å². The van der Waals surface area contributed by atoms with Crippen LogP contribution in [0.2, 0.25) is 0 Å². The maximum Gasteiger partial charge on any atom is 0.208 e. The van der Waals surface area contributed by atoms with Crippen molar-refractivity contribution in [1.82, 2.24) is 20.0 Å². The molecule has 2 aromatic heterocycles. The van der Waals surface area contributed by atoms with Crippen LogP contribution in [0.3, 0.4) is 0 Å². The Balaban J connectivity index is 2.11. The van der Waals surface area contributed by atoms with E-state index in [1.807, 2.05) is 19.0 Å². The van der Waals surface area contributed by atoms with Crippen molar-refractivity contribution in [1.29, 1.82) is 0 Å². The number of anilines is 1. The van der Waals surface area contributed by atoms with Gasteiger partial charge in [0.1, 0.15) is 0 Å².